The second-order valence-electron chi connectivity index (χ2n) is 3.88. The predicted molar refractivity (Wildman–Crippen MR) is 52.6 cm³/mol. The van der Waals surface area contributed by atoms with E-state index in [-0.39, 0.29) is 0 Å². The second-order valence-corrected chi connectivity index (χ2v) is 3.88. The third kappa shape index (κ3) is 1.80. The summed E-state index contributed by atoms with van der Waals surface area (Å²) in [5.41, 5.74) is 0.560. The summed E-state index contributed by atoms with van der Waals surface area (Å²) in [7, 11) is 0. The molecule has 0 spiro atoms. The molecule has 80 valence electrons. The fourth-order valence-electron chi connectivity index (χ4n) is 1.61. The van der Waals surface area contributed by atoms with Gasteiger partial charge in [0, 0.05) is 19.4 Å². The van der Waals surface area contributed by atoms with E-state index in [2.05, 4.69) is 0 Å². The Morgan fingerprint density at radius 2 is 2.07 bits per heavy atom. The molecule has 2 rings (SSSR count). The number of carboxylic acids is 1. The highest BCUT2D eigenvalue weighted by atomic mass is 16.7. The predicted octanol–water partition coefficient (Wildman–Crippen LogP) is 1.96. The molecule has 1 atom stereocenters. The number of benzene rings is 1. The number of hydrogen-bond acceptors (Lipinski definition) is 3. The Bertz CT molecular complexity index is 397. The molecule has 1 N–H and O–H groups in total. The average Bonchev–Trinajstić information content (AvgIpc) is 2.14. The standard InChI is InChI=1S/C11H12O4/c1-11(2)14-8-6-4-3-5-7(8)9(15-11)10(12)13/h3-6,9H,1-2H3,(H,12,13). The third-order valence-corrected chi connectivity index (χ3v) is 2.18. The largest absolute Gasteiger partial charge is 0.479 e. The van der Waals surface area contributed by atoms with E-state index in [1.54, 1.807) is 38.1 Å². The van der Waals surface area contributed by atoms with Gasteiger partial charge in [-0.05, 0) is 6.07 Å². The summed E-state index contributed by atoms with van der Waals surface area (Å²) in [6.07, 6.45) is -0.954. The first-order chi connectivity index (χ1) is 6.99. The zero-order valence-electron chi connectivity index (χ0n) is 8.56. The molecular weight excluding hydrogens is 196 g/mol. The van der Waals surface area contributed by atoms with E-state index in [9.17, 15) is 4.79 Å². The van der Waals surface area contributed by atoms with Gasteiger partial charge in [0.15, 0.2) is 6.10 Å². The summed E-state index contributed by atoms with van der Waals surface area (Å²) >= 11 is 0. The topological polar surface area (TPSA) is 55.8 Å². The Balaban J connectivity index is 2.47. The van der Waals surface area contributed by atoms with Crippen LogP contribution in [0.25, 0.3) is 0 Å². The van der Waals surface area contributed by atoms with Gasteiger partial charge in [-0.1, -0.05) is 18.2 Å². The van der Waals surface area contributed by atoms with E-state index in [1.165, 1.54) is 0 Å². The molecule has 1 unspecified atom stereocenters. The number of para-hydroxylation sites is 1. The first kappa shape index (κ1) is 9.98. The van der Waals surface area contributed by atoms with Gasteiger partial charge in [-0.15, -0.1) is 0 Å². The van der Waals surface area contributed by atoms with Gasteiger partial charge in [0.05, 0.1) is 0 Å². The smallest absolute Gasteiger partial charge is 0.337 e. The number of ether oxygens (including phenoxy) is 2. The highest BCUT2D eigenvalue weighted by Gasteiger charge is 2.37. The van der Waals surface area contributed by atoms with E-state index in [1.807, 2.05) is 0 Å². The van der Waals surface area contributed by atoms with Crippen LogP contribution in [0, 0.1) is 0 Å². The van der Waals surface area contributed by atoms with E-state index in [4.69, 9.17) is 14.6 Å². The molecule has 1 aliphatic heterocycles. The van der Waals surface area contributed by atoms with E-state index in [0.717, 1.165) is 0 Å². The van der Waals surface area contributed by atoms with E-state index >= 15 is 0 Å². The highest BCUT2D eigenvalue weighted by molar-refractivity contribution is 5.76. The molecule has 0 saturated heterocycles. The minimum absolute atomic E-state index is 0.560. The van der Waals surface area contributed by atoms with E-state index < -0.39 is 17.9 Å². The fourth-order valence-corrected chi connectivity index (χ4v) is 1.61. The van der Waals surface area contributed by atoms with Crippen LogP contribution >= 0.6 is 0 Å². The first-order valence-corrected chi connectivity index (χ1v) is 4.68. The van der Waals surface area contributed by atoms with Crippen LogP contribution in [0.3, 0.4) is 0 Å². The highest BCUT2D eigenvalue weighted by Crippen LogP contribution is 2.38. The number of carboxylic acid groups (broad SMARTS) is 1. The molecule has 0 fully saturated rings. The maximum Gasteiger partial charge on any atom is 0.337 e. The molecule has 0 aliphatic carbocycles. The van der Waals surface area contributed by atoms with Crippen molar-refractivity contribution in [2.75, 3.05) is 0 Å². The summed E-state index contributed by atoms with van der Waals surface area (Å²) in [4.78, 5) is 11.0. The van der Waals surface area contributed by atoms with Crippen LogP contribution in [0.2, 0.25) is 0 Å². The molecule has 15 heavy (non-hydrogen) atoms. The molecule has 0 saturated carbocycles. The van der Waals surface area contributed by atoms with Gasteiger partial charge in [0.1, 0.15) is 5.75 Å². The number of rotatable bonds is 1. The maximum absolute atomic E-state index is 11.0. The lowest BCUT2D eigenvalue weighted by molar-refractivity contribution is -0.216. The van der Waals surface area contributed by atoms with Gasteiger partial charge in [0.25, 0.3) is 0 Å². The number of fused-ring (bicyclic) bond motifs is 1. The molecule has 4 heteroatoms. The van der Waals surface area contributed by atoms with Crippen LogP contribution in [0.15, 0.2) is 24.3 Å². The molecule has 1 aromatic rings. The SMILES string of the molecule is CC1(C)Oc2ccccc2C(C(=O)O)O1. The minimum atomic E-state index is -1.00. The zero-order valence-corrected chi connectivity index (χ0v) is 8.56. The van der Waals surface area contributed by atoms with Crippen molar-refractivity contribution in [3.8, 4) is 5.75 Å². The van der Waals surface area contributed by atoms with Crippen LogP contribution in [0.1, 0.15) is 25.5 Å². The lowest BCUT2D eigenvalue weighted by atomic mass is 10.1. The van der Waals surface area contributed by atoms with Crippen LogP contribution < -0.4 is 4.74 Å². The quantitative estimate of drug-likeness (QED) is 0.766. The van der Waals surface area contributed by atoms with Crippen molar-refractivity contribution in [1.82, 2.24) is 0 Å². The fraction of sp³-hybridized carbons (Fsp3) is 0.364. The van der Waals surface area contributed by atoms with Gasteiger partial charge in [-0.2, -0.15) is 0 Å². The Morgan fingerprint density at radius 1 is 1.40 bits per heavy atom. The molecule has 0 aromatic heterocycles. The molecular formula is C11H12O4. The zero-order chi connectivity index (χ0) is 11.1. The Hall–Kier alpha value is -1.55. The van der Waals surface area contributed by atoms with E-state index in [0.29, 0.717) is 11.3 Å². The van der Waals surface area contributed by atoms with Gasteiger partial charge >= 0.3 is 5.97 Å². The summed E-state index contributed by atoms with van der Waals surface area (Å²) < 4.78 is 10.9. The van der Waals surface area contributed by atoms with Crippen molar-refractivity contribution in [3.05, 3.63) is 29.8 Å². The number of aliphatic carboxylic acids is 1. The van der Waals surface area contributed by atoms with Gasteiger partial charge in [0.2, 0.25) is 5.79 Å². The van der Waals surface area contributed by atoms with Crippen molar-refractivity contribution in [2.45, 2.75) is 25.7 Å². The van der Waals surface area contributed by atoms with Crippen molar-refractivity contribution in [1.29, 1.82) is 0 Å². The van der Waals surface area contributed by atoms with Crippen LogP contribution in [-0.4, -0.2) is 16.9 Å². The van der Waals surface area contributed by atoms with Crippen LogP contribution in [0.5, 0.6) is 5.75 Å². The molecule has 0 bridgehead atoms. The molecule has 1 aromatic carbocycles. The summed E-state index contributed by atoms with van der Waals surface area (Å²) in [6.45, 7) is 3.39. The van der Waals surface area contributed by atoms with Crippen LogP contribution in [-0.2, 0) is 9.53 Å². The molecule has 1 aliphatic rings. The monoisotopic (exact) mass is 208 g/mol. The minimum Gasteiger partial charge on any atom is -0.479 e. The molecule has 1 heterocycles. The first-order valence-electron chi connectivity index (χ1n) is 4.68. The van der Waals surface area contributed by atoms with Crippen molar-refractivity contribution >= 4 is 5.97 Å². The maximum atomic E-state index is 11.0. The normalized spacial score (nSPS) is 22.7. The summed E-state index contributed by atoms with van der Waals surface area (Å²) in [6, 6.07) is 7.01. The van der Waals surface area contributed by atoms with Crippen molar-refractivity contribution in [3.63, 3.8) is 0 Å². The van der Waals surface area contributed by atoms with Gasteiger partial charge in [-0.25, -0.2) is 4.79 Å². The lowest BCUT2D eigenvalue weighted by Crippen LogP contribution is -2.39. The number of hydrogen-bond donors (Lipinski definition) is 1. The third-order valence-electron chi connectivity index (χ3n) is 2.18. The lowest BCUT2D eigenvalue weighted by Gasteiger charge is -2.35. The van der Waals surface area contributed by atoms with Crippen molar-refractivity contribution in [2.24, 2.45) is 0 Å². The second kappa shape index (κ2) is 3.24. The Kier molecular flexibility index (Phi) is 2.16. The van der Waals surface area contributed by atoms with Gasteiger partial charge < -0.3 is 14.6 Å². The molecule has 0 radical (unpaired) electrons. The number of carbonyl (C=O) groups is 1. The Labute approximate surface area is 87.4 Å². The molecule has 0 amide bonds. The van der Waals surface area contributed by atoms with Crippen LogP contribution in [0.4, 0.5) is 0 Å². The Morgan fingerprint density at radius 3 is 2.73 bits per heavy atom. The summed E-state index contributed by atoms with van der Waals surface area (Å²) in [5, 5.41) is 9.04. The average molecular weight is 208 g/mol. The van der Waals surface area contributed by atoms with Gasteiger partial charge in [-0.3, -0.25) is 0 Å². The van der Waals surface area contributed by atoms with Crippen molar-refractivity contribution < 1.29 is 19.4 Å². The summed E-state index contributed by atoms with van der Waals surface area (Å²) in [5.74, 6) is -1.34. The molecule has 4 nitrogen and oxygen atoms in total.